The van der Waals surface area contributed by atoms with E-state index in [0.717, 1.165) is 34.1 Å². The van der Waals surface area contributed by atoms with Gasteiger partial charge in [0.1, 0.15) is 0 Å². The van der Waals surface area contributed by atoms with Crippen molar-refractivity contribution in [2.75, 3.05) is 11.5 Å². The summed E-state index contributed by atoms with van der Waals surface area (Å²) < 4.78 is 88.3. The summed E-state index contributed by atoms with van der Waals surface area (Å²) in [5, 5.41) is 0. The highest BCUT2D eigenvalue weighted by Crippen LogP contribution is 2.57. The number of anilines is 2. The first kappa shape index (κ1) is 28.8. The molecule has 0 aliphatic carbocycles. The lowest BCUT2D eigenvalue weighted by atomic mass is 9.72. The van der Waals surface area contributed by atoms with E-state index in [1.54, 1.807) is 48.5 Å². The van der Waals surface area contributed by atoms with Crippen LogP contribution in [0.1, 0.15) is 22.3 Å². The largest absolute Gasteiger partial charge is 0.411 e. The van der Waals surface area contributed by atoms with Crippen LogP contribution in [0, 0.1) is 13.8 Å². The van der Waals surface area contributed by atoms with Crippen molar-refractivity contribution in [1.29, 1.82) is 0 Å². The number of hydrogen-bond acceptors (Lipinski definition) is 4. The Morgan fingerprint density at radius 1 is 0.513 bits per heavy atom. The molecule has 4 aromatic rings. The summed E-state index contributed by atoms with van der Waals surface area (Å²) in [6.45, 7) is 3.00. The molecule has 0 spiro atoms. The third kappa shape index (κ3) is 5.72. The number of nitrogen functional groups attached to an aromatic ring is 2. The molecule has 0 heterocycles. The number of rotatable bonds is 6. The van der Waals surface area contributed by atoms with Crippen LogP contribution in [0.5, 0.6) is 0 Å². The summed E-state index contributed by atoms with van der Waals surface area (Å²) >= 11 is 2.46. The first-order valence-electron chi connectivity index (χ1n) is 11.6. The van der Waals surface area contributed by atoms with Crippen molar-refractivity contribution < 1.29 is 26.3 Å². The third-order valence-corrected chi connectivity index (χ3v) is 8.65. The average molecular weight is 579 g/mol. The average Bonchev–Trinajstić information content (AvgIpc) is 2.84. The molecule has 0 aromatic heterocycles. The van der Waals surface area contributed by atoms with Crippen molar-refractivity contribution in [3.05, 3.63) is 107 Å². The molecular formula is C29H24F6N2S2. The van der Waals surface area contributed by atoms with Crippen LogP contribution in [0.3, 0.4) is 0 Å². The van der Waals surface area contributed by atoms with Gasteiger partial charge in [-0.15, -0.1) is 0 Å². The predicted octanol–water partition coefficient (Wildman–Crippen LogP) is 9.18. The van der Waals surface area contributed by atoms with Gasteiger partial charge in [0.05, 0.1) is 0 Å². The number of aryl methyl sites for hydroxylation is 2. The number of benzene rings is 4. The van der Waals surface area contributed by atoms with E-state index in [2.05, 4.69) is 0 Å². The number of nitrogens with two attached hydrogens (primary N) is 2. The SMILES string of the molecule is Cc1cc(C(c2ccc(Sc3ccc(N)cc3)c(C)c2)(C(F)(F)F)C(F)(F)F)ccc1Sc1ccc(N)cc1. The van der Waals surface area contributed by atoms with Crippen LogP contribution in [0.25, 0.3) is 0 Å². The number of hydrogen-bond donors (Lipinski definition) is 2. The molecule has 0 amide bonds. The molecule has 4 N–H and O–H groups in total. The van der Waals surface area contributed by atoms with Gasteiger partial charge < -0.3 is 11.5 Å². The summed E-state index contributed by atoms with van der Waals surface area (Å²) in [5.74, 6) is 0. The Balaban J connectivity index is 1.80. The van der Waals surface area contributed by atoms with Crippen LogP contribution in [0.4, 0.5) is 37.7 Å². The number of halogens is 6. The van der Waals surface area contributed by atoms with E-state index in [1.807, 2.05) is 0 Å². The standard InChI is InChI=1S/C29H24F6N2S2/c1-17-15-19(3-13-25(17)38-23-9-5-21(36)6-10-23)27(28(30,31)32,29(33,34)35)20-4-14-26(18(2)16-20)39-24-11-7-22(37)8-12-24/h3-16H,36-37H2,1-2H3. The molecule has 0 bridgehead atoms. The molecular weight excluding hydrogens is 554 g/mol. The van der Waals surface area contributed by atoms with Gasteiger partial charge >= 0.3 is 12.4 Å². The van der Waals surface area contributed by atoms with Gasteiger partial charge in [0.2, 0.25) is 5.41 Å². The molecule has 0 saturated carbocycles. The monoisotopic (exact) mass is 578 g/mol. The fourth-order valence-electron chi connectivity index (χ4n) is 4.30. The Morgan fingerprint density at radius 3 is 1.13 bits per heavy atom. The van der Waals surface area contributed by atoms with Crippen LogP contribution in [-0.2, 0) is 5.41 Å². The second-order valence-corrected chi connectivity index (χ2v) is 11.3. The van der Waals surface area contributed by atoms with Gasteiger partial charge in [0.25, 0.3) is 0 Å². The zero-order valence-electron chi connectivity index (χ0n) is 20.8. The minimum atomic E-state index is -5.67. The highest BCUT2D eigenvalue weighted by Gasteiger charge is 2.72. The minimum Gasteiger partial charge on any atom is -0.399 e. The van der Waals surface area contributed by atoms with Crippen molar-refractivity contribution in [3.63, 3.8) is 0 Å². The van der Waals surface area contributed by atoms with Crippen LogP contribution < -0.4 is 11.5 Å². The smallest absolute Gasteiger partial charge is 0.399 e. The molecule has 2 nitrogen and oxygen atoms in total. The fourth-order valence-corrected chi connectivity index (χ4v) is 6.07. The summed E-state index contributed by atoms with van der Waals surface area (Å²) in [6.07, 6.45) is -11.3. The molecule has 0 atom stereocenters. The maximum Gasteiger partial charge on any atom is 0.411 e. The summed E-state index contributed by atoms with van der Waals surface area (Å²) in [6, 6.07) is 20.0. The van der Waals surface area contributed by atoms with Gasteiger partial charge in [0, 0.05) is 31.0 Å². The quantitative estimate of drug-likeness (QED) is 0.177. The molecule has 10 heteroatoms. The van der Waals surface area contributed by atoms with Crippen LogP contribution >= 0.6 is 23.5 Å². The van der Waals surface area contributed by atoms with E-state index in [4.69, 9.17) is 11.5 Å². The molecule has 0 fully saturated rings. The normalized spacial score (nSPS) is 12.5. The Morgan fingerprint density at radius 2 is 0.846 bits per heavy atom. The molecule has 4 rings (SSSR count). The van der Waals surface area contributed by atoms with E-state index in [-0.39, 0.29) is 0 Å². The van der Waals surface area contributed by atoms with Gasteiger partial charge in [-0.2, -0.15) is 26.3 Å². The lowest BCUT2D eigenvalue weighted by Crippen LogP contribution is -2.54. The predicted molar refractivity (Wildman–Crippen MR) is 145 cm³/mol. The summed E-state index contributed by atoms with van der Waals surface area (Å²) in [4.78, 5) is 2.58. The third-order valence-electron chi connectivity index (χ3n) is 6.28. The van der Waals surface area contributed by atoms with E-state index in [9.17, 15) is 26.3 Å². The van der Waals surface area contributed by atoms with Gasteiger partial charge in [-0.1, -0.05) is 47.8 Å². The van der Waals surface area contributed by atoms with E-state index < -0.39 is 28.9 Å². The summed E-state index contributed by atoms with van der Waals surface area (Å²) in [7, 11) is 0. The van der Waals surface area contributed by atoms with Crippen molar-refractivity contribution in [2.45, 2.75) is 51.2 Å². The van der Waals surface area contributed by atoms with Gasteiger partial charge in [-0.3, -0.25) is 0 Å². The van der Waals surface area contributed by atoms with Gasteiger partial charge in [0.15, 0.2) is 0 Å². The zero-order valence-corrected chi connectivity index (χ0v) is 22.5. The minimum absolute atomic E-state index is 0.291. The molecule has 0 saturated heterocycles. The highest BCUT2D eigenvalue weighted by atomic mass is 32.2. The lowest BCUT2D eigenvalue weighted by molar-refractivity contribution is -0.288. The van der Waals surface area contributed by atoms with Crippen LogP contribution in [0.15, 0.2) is 105 Å². The topological polar surface area (TPSA) is 52.0 Å². The lowest BCUT2D eigenvalue weighted by Gasteiger charge is -2.39. The first-order chi connectivity index (χ1) is 18.2. The Kier molecular flexibility index (Phi) is 7.91. The maximum absolute atomic E-state index is 14.7. The second kappa shape index (κ2) is 10.7. The molecule has 4 aromatic carbocycles. The summed E-state index contributed by atoms with van der Waals surface area (Å²) in [5.41, 5.74) is 7.05. The van der Waals surface area contributed by atoms with Crippen molar-refractivity contribution in [2.24, 2.45) is 0 Å². The highest BCUT2D eigenvalue weighted by molar-refractivity contribution is 7.99. The Bertz CT molecular complexity index is 1350. The molecule has 39 heavy (non-hydrogen) atoms. The molecule has 0 aliphatic heterocycles. The van der Waals surface area contributed by atoms with Crippen LogP contribution in [0.2, 0.25) is 0 Å². The van der Waals surface area contributed by atoms with Gasteiger partial charge in [-0.25, -0.2) is 0 Å². The Labute approximate surface area is 230 Å². The molecule has 0 unspecified atom stereocenters. The van der Waals surface area contributed by atoms with Crippen LogP contribution in [-0.4, -0.2) is 12.4 Å². The zero-order chi connectivity index (χ0) is 28.6. The fraction of sp³-hybridized carbons (Fsp3) is 0.172. The molecule has 0 aliphatic rings. The van der Waals surface area contributed by atoms with Crippen molar-refractivity contribution in [1.82, 2.24) is 0 Å². The van der Waals surface area contributed by atoms with E-state index >= 15 is 0 Å². The molecule has 0 radical (unpaired) electrons. The van der Waals surface area contributed by atoms with Crippen molar-refractivity contribution >= 4 is 34.9 Å². The maximum atomic E-state index is 14.7. The first-order valence-corrected chi connectivity index (χ1v) is 13.3. The van der Waals surface area contributed by atoms with E-state index in [0.29, 0.717) is 32.3 Å². The number of alkyl halides is 6. The van der Waals surface area contributed by atoms with Gasteiger partial charge in [-0.05, 0) is 96.8 Å². The molecule has 204 valence electrons. The van der Waals surface area contributed by atoms with Crippen molar-refractivity contribution in [3.8, 4) is 0 Å². The Hall–Kier alpha value is -3.24. The second-order valence-electron chi connectivity index (χ2n) is 9.05. The van der Waals surface area contributed by atoms with E-state index in [1.165, 1.54) is 49.5 Å².